The zero-order chi connectivity index (χ0) is 18.0. The van der Waals surface area contributed by atoms with E-state index in [1.807, 2.05) is 0 Å². The first kappa shape index (κ1) is 17.9. The minimum atomic E-state index is -4.23. The molecule has 1 aliphatic heterocycles. The number of hydrogen-bond acceptors (Lipinski definition) is 2. The van der Waals surface area contributed by atoms with E-state index in [4.69, 9.17) is 0 Å². The van der Waals surface area contributed by atoms with Crippen LogP contribution in [0.2, 0.25) is 0 Å². The van der Waals surface area contributed by atoms with Crippen LogP contribution in [-0.2, 0) is 16.6 Å². The lowest BCUT2D eigenvalue weighted by Gasteiger charge is -2.31. The van der Waals surface area contributed by atoms with Crippen molar-refractivity contribution in [3.8, 4) is 0 Å². The molecule has 1 aliphatic rings. The zero-order valence-electron chi connectivity index (χ0n) is 13.4. The van der Waals surface area contributed by atoms with Gasteiger partial charge < -0.3 is 4.90 Å². The van der Waals surface area contributed by atoms with Gasteiger partial charge in [-0.05, 0) is 18.2 Å². The first-order valence-corrected chi connectivity index (χ1v) is 9.35. The normalized spacial score (nSPS) is 16.9. The summed E-state index contributed by atoms with van der Waals surface area (Å²) in [5.74, 6) is -2.49. The monoisotopic (exact) mass is 371 g/mol. The third-order valence-electron chi connectivity index (χ3n) is 4.34. The average Bonchev–Trinajstić information content (AvgIpc) is 2.57. The van der Waals surface area contributed by atoms with Crippen LogP contribution < -0.4 is 4.90 Å². The molecule has 0 spiro atoms. The number of quaternary nitrogens is 1. The second-order valence-electron chi connectivity index (χ2n) is 5.97. The highest BCUT2D eigenvalue weighted by Crippen LogP contribution is 2.22. The van der Waals surface area contributed by atoms with Gasteiger partial charge in [0.1, 0.15) is 24.0 Å². The molecule has 0 radical (unpaired) electrons. The molecule has 3 rings (SSSR count). The van der Waals surface area contributed by atoms with Gasteiger partial charge in [-0.25, -0.2) is 21.6 Å². The van der Waals surface area contributed by atoms with Gasteiger partial charge in [-0.15, -0.1) is 0 Å². The maximum Gasteiger partial charge on any atom is 0.249 e. The van der Waals surface area contributed by atoms with E-state index in [9.17, 15) is 21.6 Å². The fourth-order valence-electron chi connectivity index (χ4n) is 2.99. The number of halogens is 3. The molecule has 1 N–H and O–H groups in total. The minimum Gasteiger partial charge on any atom is -0.329 e. The Morgan fingerprint density at radius 1 is 0.880 bits per heavy atom. The molecular formula is C17H18F3N2O2S+. The second-order valence-corrected chi connectivity index (χ2v) is 7.85. The number of rotatable bonds is 4. The molecule has 1 fully saturated rings. The lowest BCUT2D eigenvalue weighted by atomic mass is 10.2. The lowest BCUT2D eigenvalue weighted by Crippen LogP contribution is -3.13. The molecule has 134 valence electrons. The molecule has 0 aromatic heterocycles. The maximum absolute atomic E-state index is 13.8. The Hall–Kier alpha value is -1.90. The van der Waals surface area contributed by atoms with Crippen molar-refractivity contribution >= 4 is 10.0 Å². The summed E-state index contributed by atoms with van der Waals surface area (Å²) >= 11 is 0. The van der Waals surface area contributed by atoms with Gasteiger partial charge in [-0.1, -0.05) is 24.3 Å². The molecule has 0 aliphatic carbocycles. The number of nitrogens with zero attached hydrogens (tertiary/aromatic N) is 1. The molecule has 25 heavy (non-hydrogen) atoms. The Balaban J connectivity index is 1.71. The van der Waals surface area contributed by atoms with Crippen LogP contribution >= 0.6 is 0 Å². The van der Waals surface area contributed by atoms with Gasteiger partial charge >= 0.3 is 0 Å². The van der Waals surface area contributed by atoms with Crippen LogP contribution in [0, 0.1) is 17.5 Å². The van der Waals surface area contributed by atoms with Gasteiger partial charge in [0.25, 0.3) is 0 Å². The highest BCUT2D eigenvalue weighted by atomic mass is 32.2. The van der Waals surface area contributed by atoms with Crippen LogP contribution in [0.4, 0.5) is 13.2 Å². The summed E-state index contributed by atoms with van der Waals surface area (Å²) in [6.45, 7) is 1.56. The van der Waals surface area contributed by atoms with Gasteiger partial charge in [-0.3, -0.25) is 0 Å². The van der Waals surface area contributed by atoms with Gasteiger partial charge in [0.15, 0.2) is 4.90 Å². The van der Waals surface area contributed by atoms with Gasteiger partial charge in [0, 0.05) is 5.56 Å². The molecule has 0 saturated carbocycles. The summed E-state index contributed by atoms with van der Waals surface area (Å²) < 4.78 is 67.5. The topological polar surface area (TPSA) is 41.8 Å². The maximum atomic E-state index is 13.8. The van der Waals surface area contributed by atoms with E-state index < -0.39 is 26.6 Å². The fourth-order valence-corrected chi connectivity index (χ4v) is 4.54. The van der Waals surface area contributed by atoms with E-state index in [2.05, 4.69) is 0 Å². The van der Waals surface area contributed by atoms with E-state index in [-0.39, 0.29) is 18.9 Å². The van der Waals surface area contributed by atoms with Gasteiger partial charge in [0.2, 0.25) is 10.0 Å². The standard InChI is InChI=1S/C17H17F3N2O2S/c18-14-5-2-1-4-13(14)12-21-8-10-22(11-9-21)25(23,24)17-15(19)6-3-7-16(17)20/h1-7H,8-12H2/p+1. The average molecular weight is 371 g/mol. The highest BCUT2D eigenvalue weighted by molar-refractivity contribution is 7.89. The van der Waals surface area contributed by atoms with Gasteiger partial charge in [0.05, 0.1) is 26.2 Å². The third kappa shape index (κ3) is 3.70. The fraction of sp³-hybridized carbons (Fsp3) is 0.294. The minimum absolute atomic E-state index is 0.125. The van der Waals surface area contributed by atoms with E-state index in [0.29, 0.717) is 25.2 Å². The van der Waals surface area contributed by atoms with E-state index >= 15 is 0 Å². The van der Waals surface area contributed by atoms with E-state index in [1.54, 1.807) is 18.2 Å². The summed E-state index contributed by atoms with van der Waals surface area (Å²) in [7, 11) is -4.23. The van der Waals surface area contributed by atoms with Crippen molar-refractivity contribution < 1.29 is 26.5 Å². The Labute approximate surface area is 144 Å². The summed E-state index contributed by atoms with van der Waals surface area (Å²) in [5, 5.41) is 0. The molecule has 0 atom stereocenters. The molecule has 4 nitrogen and oxygen atoms in total. The largest absolute Gasteiger partial charge is 0.329 e. The molecule has 2 aromatic rings. The number of benzene rings is 2. The summed E-state index contributed by atoms with van der Waals surface area (Å²) in [6, 6.07) is 9.42. The molecule has 1 heterocycles. The molecular weight excluding hydrogens is 353 g/mol. The molecule has 0 amide bonds. The Morgan fingerprint density at radius 2 is 1.44 bits per heavy atom. The molecule has 8 heteroatoms. The number of sulfonamides is 1. The third-order valence-corrected chi connectivity index (χ3v) is 6.30. The predicted molar refractivity (Wildman–Crippen MR) is 85.9 cm³/mol. The molecule has 2 aromatic carbocycles. The number of hydrogen-bond donors (Lipinski definition) is 1. The lowest BCUT2D eigenvalue weighted by molar-refractivity contribution is -0.917. The van der Waals surface area contributed by atoms with Crippen LogP contribution in [0.25, 0.3) is 0 Å². The second kappa shape index (κ2) is 7.15. The van der Waals surface area contributed by atoms with Crippen molar-refractivity contribution in [3.05, 3.63) is 65.5 Å². The predicted octanol–water partition coefficient (Wildman–Crippen LogP) is 1.19. The Morgan fingerprint density at radius 3 is 2.04 bits per heavy atom. The van der Waals surface area contributed by atoms with Crippen LogP contribution in [0.5, 0.6) is 0 Å². The first-order valence-electron chi connectivity index (χ1n) is 7.91. The van der Waals surface area contributed by atoms with E-state index in [0.717, 1.165) is 27.4 Å². The number of piperazine rings is 1. The quantitative estimate of drug-likeness (QED) is 0.878. The highest BCUT2D eigenvalue weighted by Gasteiger charge is 2.34. The zero-order valence-corrected chi connectivity index (χ0v) is 14.2. The Bertz CT molecular complexity index is 846. The summed E-state index contributed by atoms with van der Waals surface area (Å²) in [4.78, 5) is 0.109. The molecule has 1 saturated heterocycles. The van der Waals surface area contributed by atoms with Crippen molar-refractivity contribution in [3.63, 3.8) is 0 Å². The van der Waals surface area contributed by atoms with Crippen LogP contribution in [0.15, 0.2) is 47.4 Å². The van der Waals surface area contributed by atoms with Crippen LogP contribution in [0.3, 0.4) is 0 Å². The molecule has 0 bridgehead atoms. The number of nitrogens with one attached hydrogen (secondary N) is 1. The van der Waals surface area contributed by atoms with Crippen LogP contribution in [0.1, 0.15) is 5.56 Å². The van der Waals surface area contributed by atoms with Crippen molar-refractivity contribution in [2.24, 2.45) is 0 Å². The summed E-state index contributed by atoms with van der Waals surface area (Å²) in [6.07, 6.45) is 0. The van der Waals surface area contributed by atoms with Crippen LogP contribution in [-0.4, -0.2) is 38.9 Å². The van der Waals surface area contributed by atoms with Gasteiger partial charge in [-0.2, -0.15) is 4.31 Å². The van der Waals surface area contributed by atoms with E-state index in [1.165, 1.54) is 6.07 Å². The van der Waals surface area contributed by atoms with Crippen molar-refractivity contribution in [1.82, 2.24) is 4.31 Å². The SMILES string of the molecule is O=S(=O)(c1c(F)cccc1F)N1CC[NH+](Cc2ccccc2F)CC1. The van der Waals surface area contributed by atoms with Crippen molar-refractivity contribution in [2.75, 3.05) is 26.2 Å². The Kier molecular flexibility index (Phi) is 5.12. The first-order chi connectivity index (χ1) is 11.9. The van der Waals surface area contributed by atoms with Crippen molar-refractivity contribution in [1.29, 1.82) is 0 Å². The molecule has 0 unspecified atom stereocenters. The summed E-state index contributed by atoms with van der Waals surface area (Å²) in [5.41, 5.74) is 0.564. The van der Waals surface area contributed by atoms with Crippen molar-refractivity contribution in [2.45, 2.75) is 11.4 Å². The smallest absolute Gasteiger partial charge is 0.249 e.